The second-order valence-electron chi connectivity index (χ2n) is 9.19. The molecule has 0 saturated carbocycles. The number of nitrogens with zero attached hydrogens (tertiary/aromatic N) is 1. The molecule has 174 valence electrons. The van der Waals surface area contributed by atoms with Crippen LogP contribution in [0, 0.1) is 11.3 Å². The lowest BCUT2D eigenvalue weighted by molar-refractivity contribution is -0.142. The number of hydrogen-bond acceptors (Lipinski definition) is 5. The Morgan fingerprint density at radius 2 is 1.85 bits per heavy atom. The number of carbonyl (C=O) groups is 1. The van der Waals surface area contributed by atoms with Gasteiger partial charge in [0.1, 0.15) is 6.07 Å². The molecule has 3 aromatic carbocycles. The van der Waals surface area contributed by atoms with E-state index in [9.17, 15) is 15.2 Å². The molecule has 4 rings (SSSR count). The Morgan fingerprint density at radius 1 is 1.12 bits per heavy atom. The molecule has 6 nitrogen and oxygen atoms in total. The Balaban J connectivity index is 1.47. The fourth-order valence-electron chi connectivity index (χ4n) is 4.34. The Labute approximate surface area is 200 Å². The topological polar surface area (TPSA) is 97.2 Å². The molecule has 0 aromatic heterocycles. The van der Waals surface area contributed by atoms with Gasteiger partial charge in [0, 0.05) is 6.54 Å². The third-order valence-corrected chi connectivity index (χ3v) is 6.58. The summed E-state index contributed by atoms with van der Waals surface area (Å²) < 4.78 is 0. The molecule has 1 heterocycles. The van der Waals surface area contributed by atoms with Gasteiger partial charge in [0.05, 0.1) is 34.4 Å². The molecule has 6 heteroatoms. The number of nitrogens with one attached hydrogen (secondary N) is 3. The molecular formula is C28H30N4O2. The van der Waals surface area contributed by atoms with Crippen molar-refractivity contribution in [2.45, 2.75) is 37.8 Å². The predicted molar refractivity (Wildman–Crippen MR) is 135 cm³/mol. The summed E-state index contributed by atoms with van der Waals surface area (Å²) in [5.74, 6) is -0.831. The molecule has 34 heavy (non-hydrogen) atoms. The van der Waals surface area contributed by atoms with Gasteiger partial charge >= 0.3 is 5.97 Å². The van der Waals surface area contributed by atoms with Gasteiger partial charge in [-0.1, -0.05) is 60.7 Å². The van der Waals surface area contributed by atoms with Crippen molar-refractivity contribution in [2.75, 3.05) is 23.7 Å². The summed E-state index contributed by atoms with van der Waals surface area (Å²) in [5.41, 5.74) is 4.64. The maximum Gasteiger partial charge on any atom is 0.313 e. The van der Waals surface area contributed by atoms with E-state index in [1.54, 1.807) is 13.8 Å². The van der Waals surface area contributed by atoms with E-state index in [1.165, 1.54) is 5.56 Å². The van der Waals surface area contributed by atoms with Crippen LogP contribution in [-0.2, 0) is 16.6 Å². The summed E-state index contributed by atoms with van der Waals surface area (Å²) in [6.45, 7) is 4.93. The quantitative estimate of drug-likeness (QED) is 0.394. The van der Waals surface area contributed by atoms with Crippen molar-refractivity contribution >= 4 is 17.3 Å². The van der Waals surface area contributed by atoms with Crippen LogP contribution in [0.25, 0.3) is 0 Å². The van der Waals surface area contributed by atoms with Gasteiger partial charge in [-0.25, -0.2) is 0 Å². The summed E-state index contributed by atoms with van der Waals surface area (Å²) in [7, 11) is 0. The van der Waals surface area contributed by atoms with Crippen molar-refractivity contribution < 1.29 is 9.90 Å². The van der Waals surface area contributed by atoms with Crippen molar-refractivity contribution in [3.8, 4) is 6.07 Å². The van der Waals surface area contributed by atoms with E-state index < -0.39 is 11.4 Å². The Kier molecular flexibility index (Phi) is 6.85. The number of nitriles is 1. The molecule has 0 saturated heterocycles. The van der Waals surface area contributed by atoms with Crippen molar-refractivity contribution in [3.05, 3.63) is 95.1 Å². The van der Waals surface area contributed by atoms with E-state index in [2.05, 4.69) is 34.2 Å². The molecule has 0 aliphatic carbocycles. The molecule has 0 amide bonds. The molecular weight excluding hydrogens is 424 g/mol. The van der Waals surface area contributed by atoms with E-state index in [1.807, 2.05) is 60.7 Å². The average molecular weight is 455 g/mol. The average Bonchev–Trinajstić information content (AvgIpc) is 2.86. The number of carboxylic acid groups (broad SMARTS) is 1. The number of hydrogen-bond donors (Lipinski definition) is 4. The largest absolute Gasteiger partial charge is 0.481 e. The van der Waals surface area contributed by atoms with Crippen LogP contribution in [-0.4, -0.2) is 30.2 Å². The van der Waals surface area contributed by atoms with Gasteiger partial charge in [-0.15, -0.1) is 0 Å². The van der Waals surface area contributed by atoms with Crippen LogP contribution in [0.2, 0.25) is 0 Å². The Hall–Kier alpha value is -3.82. The minimum absolute atomic E-state index is 0.0406. The molecule has 3 aromatic rings. The lowest BCUT2D eigenvalue weighted by Gasteiger charge is -2.35. The minimum Gasteiger partial charge on any atom is -0.481 e. The molecule has 0 spiro atoms. The molecule has 1 aliphatic heterocycles. The smallest absolute Gasteiger partial charge is 0.313 e. The van der Waals surface area contributed by atoms with Crippen LogP contribution >= 0.6 is 0 Å². The van der Waals surface area contributed by atoms with Crippen LogP contribution in [0.4, 0.5) is 11.4 Å². The van der Waals surface area contributed by atoms with Crippen molar-refractivity contribution in [1.82, 2.24) is 5.32 Å². The monoisotopic (exact) mass is 454 g/mol. The first-order valence-corrected chi connectivity index (χ1v) is 11.5. The summed E-state index contributed by atoms with van der Waals surface area (Å²) >= 11 is 0. The first kappa shape index (κ1) is 23.3. The molecule has 0 unspecified atom stereocenters. The van der Waals surface area contributed by atoms with Crippen molar-refractivity contribution in [3.63, 3.8) is 0 Å². The van der Waals surface area contributed by atoms with Gasteiger partial charge < -0.3 is 21.1 Å². The minimum atomic E-state index is -0.909. The van der Waals surface area contributed by atoms with Gasteiger partial charge in [-0.2, -0.15) is 5.26 Å². The van der Waals surface area contributed by atoms with Crippen molar-refractivity contribution in [2.24, 2.45) is 0 Å². The summed E-state index contributed by atoms with van der Waals surface area (Å²) in [6, 6.07) is 26.2. The van der Waals surface area contributed by atoms with Crippen molar-refractivity contribution in [1.29, 1.82) is 5.26 Å². The number of carboxylic acids is 1. The number of benzene rings is 3. The zero-order valence-corrected chi connectivity index (χ0v) is 19.5. The first-order valence-electron chi connectivity index (χ1n) is 11.5. The zero-order valence-electron chi connectivity index (χ0n) is 19.5. The number of para-hydroxylation sites is 1. The van der Waals surface area contributed by atoms with E-state index in [-0.39, 0.29) is 12.1 Å². The normalized spacial score (nSPS) is 15.9. The first-order chi connectivity index (χ1) is 16.4. The van der Waals surface area contributed by atoms with Crippen LogP contribution in [0.5, 0.6) is 0 Å². The van der Waals surface area contributed by atoms with Gasteiger partial charge in [-0.3, -0.25) is 4.79 Å². The van der Waals surface area contributed by atoms with E-state index in [0.717, 1.165) is 42.0 Å². The Bertz CT molecular complexity index is 1180. The number of aliphatic carboxylic acids is 1. The van der Waals surface area contributed by atoms with E-state index >= 15 is 0 Å². The maximum absolute atomic E-state index is 11.5. The SMILES string of the molecule is CC(C)(C(=O)O)c1ccc(CCN[C@H](c2ccccc2)[C@H]2CNc3cccc(C#N)c3N2)cc1. The molecule has 0 bridgehead atoms. The van der Waals surface area contributed by atoms with E-state index in [4.69, 9.17) is 0 Å². The second kappa shape index (κ2) is 9.98. The number of fused-ring (bicyclic) bond motifs is 1. The predicted octanol–water partition coefficient (Wildman–Crippen LogP) is 4.70. The highest BCUT2D eigenvalue weighted by atomic mass is 16.4. The molecule has 1 aliphatic rings. The summed E-state index contributed by atoms with van der Waals surface area (Å²) in [6.07, 6.45) is 0.817. The van der Waals surface area contributed by atoms with Crippen LogP contribution in [0.3, 0.4) is 0 Å². The second-order valence-corrected chi connectivity index (χ2v) is 9.19. The van der Waals surface area contributed by atoms with Crippen LogP contribution in [0.15, 0.2) is 72.8 Å². The molecule has 2 atom stereocenters. The molecule has 4 N–H and O–H groups in total. The third-order valence-electron chi connectivity index (χ3n) is 6.58. The van der Waals surface area contributed by atoms with Gasteiger partial charge in [0.2, 0.25) is 0 Å². The van der Waals surface area contributed by atoms with Gasteiger partial charge in [-0.05, 0) is 55.6 Å². The van der Waals surface area contributed by atoms with Gasteiger partial charge in [0.15, 0.2) is 0 Å². The summed E-state index contributed by atoms with van der Waals surface area (Å²) in [5, 5.41) is 29.8. The Morgan fingerprint density at radius 3 is 2.53 bits per heavy atom. The van der Waals surface area contributed by atoms with Crippen LogP contribution in [0.1, 0.15) is 42.1 Å². The lowest BCUT2D eigenvalue weighted by atomic mass is 9.84. The zero-order chi connectivity index (χ0) is 24.1. The third kappa shape index (κ3) is 4.90. The highest BCUT2D eigenvalue weighted by Crippen LogP contribution is 2.33. The van der Waals surface area contributed by atoms with E-state index in [0.29, 0.717) is 5.56 Å². The fourth-order valence-corrected chi connectivity index (χ4v) is 4.34. The lowest BCUT2D eigenvalue weighted by Crippen LogP contribution is -2.44. The standard InChI is InChI=1S/C28H30N4O2/c1-28(2,27(33)34)22-13-11-19(12-14-22)15-16-30-25(20-7-4-3-5-8-20)24-18-31-23-10-6-9-21(17-29)26(23)32-24/h3-14,24-25,30-32H,15-16,18H2,1-2H3,(H,33,34)/t24-,25-/m1/s1. The number of rotatable bonds is 8. The van der Waals surface area contributed by atoms with Gasteiger partial charge in [0.25, 0.3) is 0 Å². The van der Waals surface area contributed by atoms with Crippen LogP contribution < -0.4 is 16.0 Å². The highest BCUT2D eigenvalue weighted by Gasteiger charge is 2.29. The highest BCUT2D eigenvalue weighted by molar-refractivity contribution is 5.80. The number of anilines is 2. The molecule has 0 radical (unpaired) electrons. The summed E-state index contributed by atoms with van der Waals surface area (Å²) in [4.78, 5) is 11.5. The molecule has 0 fully saturated rings. The fraction of sp³-hybridized carbons (Fsp3) is 0.286. The maximum atomic E-state index is 11.5.